The van der Waals surface area contributed by atoms with Gasteiger partial charge in [-0.3, -0.25) is 4.79 Å². The highest BCUT2D eigenvalue weighted by Crippen LogP contribution is 2.22. The van der Waals surface area contributed by atoms with E-state index in [1.807, 2.05) is 59.5 Å². The van der Waals surface area contributed by atoms with E-state index in [0.29, 0.717) is 18.7 Å². The Morgan fingerprint density at radius 3 is 2.76 bits per heavy atom. The summed E-state index contributed by atoms with van der Waals surface area (Å²) in [5.74, 6) is 0.714. The molecule has 2 aromatic carbocycles. The number of rotatable bonds is 7. The Labute approximate surface area is 170 Å². The van der Waals surface area contributed by atoms with Gasteiger partial charge in [0.25, 0.3) is 5.91 Å². The number of hydrogen-bond donors (Lipinski definition) is 0. The summed E-state index contributed by atoms with van der Waals surface area (Å²) < 4.78 is 13.0. The number of methoxy groups -OCH3 is 1. The Hall–Kier alpha value is -3.12. The minimum Gasteiger partial charge on any atom is -0.496 e. The molecule has 1 aliphatic rings. The molecule has 0 saturated carbocycles. The van der Waals surface area contributed by atoms with Crippen molar-refractivity contribution in [3.8, 4) is 11.4 Å². The molecule has 2 heterocycles. The second-order valence-electron chi connectivity index (χ2n) is 7.14. The SMILES string of the molecule is COc1ccccc1CN(CC1CCCO1)C(=O)c1cnn(-c2ccccc2)c1. The van der Waals surface area contributed by atoms with Gasteiger partial charge < -0.3 is 14.4 Å². The highest BCUT2D eigenvalue weighted by atomic mass is 16.5. The zero-order chi connectivity index (χ0) is 20.1. The molecule has 6 nitrogen and oxygen atoms in total. The molecule has 0 bridgehead atoms. The van der Waals surface area contributed by atoms with Crippen LogP contribution in [0.25, 0.3) is 5.69 Å². The molecular formula is C23H25N3O3. The predicted molar refractivity (Wildman–Crippen MR) is 110 cm³/mol. The molecule has 4 rings (SSSR count). The van der Waals surface area contributed by atoms with Crippen LogP contribution in [0.3, 0.4) is 0 Å². The van der Waals surface area contributed by atoms with Crippen molar-refractivity contribution in [2.75, 3.05) is 20.3 Å². The highest BCUT2D eigenvalue weighted by Gasteiger charge is 2.25. The van der Waals surface area contributed by atoms with Crippen molar-refractivity contribution < 1.29 is 14.3 Å². The van der Waals surface area contributed by atoms with Crippen LogP contribution in [0.15, 0.2) is 67.0 Å². The predicted octanol–water partition coefficient (Wildman–Crippen LogP) is 3.70. The molecule has 0 N–H and O–H groups in total. The lowest BCUT2D eigenvalue weighted by Gasteiger charge is -2.26. The third-order valence-electron chi connectivity index (χ3n) is 5.14. The van der Waals surface area contributed by atoms with Gasteiger partial charge in [0, 0.05) is 31.5 Å². The summed E-state index contributed by atoms with van der Waals surface area (Å²) in [5, 5.41) is 4.38. The van der Waals surface area contributed by atoms with Crippen molar-refractivity contribution in [3.05, 3.63) is 78.1 Å². The normalized spacial score (nSPS) is 16.0. The lowest BCUT2D eigenvalue weighted by Crippen LogP contribution is -2.37. The molecule has 1 atom stereocenters. The third-order valence-corrected chi connectivity index (χ3v) is 5.14. The van der Waals surface area contributed by atoms with Crippen LogP contribution in [-0.4, -0.2) is 47.0 Å². The molecule has 1 fully saturated rings. The van der Waals surface area contributed by atoms with E-state index in [2.05, 4.69) is 5.10 Å². The van der Waals surface area contributed by atoms with Crippen LogP contribution in [0.5, 0.6) is 5.75 Å². The first-order valence-corrected chi connectivity index (χ1v) is 9.87. The van der Waals surface area contributed by atoms with E-state index in [1.54, 1.807) is 24.2 Å². The first-order chi connectivity index (χ1) is 14.2. The average Bonchev–Trinajstić information content (AvgIpc) is 3.46. The number of aromatic nitrogens is 2. The molecule has 3 aromatic rings. The number of nitrogens with zero attached hydrogens (tertiary/aromatic N) is 3. The fourth-order valence-electron chi connectivity index (χ4n) is 3.63. The maximum Gasteiger partial charge on any atom is 0.257 e. The maximum atomic E-state index is 13.4. The van der Waals surface area contributed by atoms with E-state index in [-0.39, 0.29) is 12.0 Å². The first kappa shape index (κ1) is 19.2. The van der Waals surface area contributed by atoms with Gasteiger partial charge in [-0.25, -0.2) is 4.68 Å². The molecule has 150 valence electrons. The van der Waals surface area contributed by atoms with Gasteiger partial charge in [-0.15, -0.1) is 0 Å². The fourth-order valence-corrected chi connectivity index (χ4v) is 3.63. The van der Waals surface area contributed by atoms with Crippen LogP contribution < -0.4 is 4.74 Å². The van der Waals surface area contributed by atoms with Crippen LogP contribution in [0.4, 0.5) is 0 Å². The lowest BCUT2D eigenvalue weighted by molar-refractivity contribution is 0.0505. The van der Waals surface area contributed by atoms with Crippen molar-refractivity contribution in [3.63, 3.8) is 0 Å². The summed E-state index contributed by atoms with van der Waals surface area (Å²) >= 11 is 0. The molecule has 29 heavy (non-hydrogen) atoms. The van der Waals surface area contributed by atoms with Crippen LogP contribution in [0.1, 0.15) is 28.8 Å². The molecule has 0 aliphatic carbocycles. The molecule has 6 heteroatoms. The Balaban J connectivity index is 1.58. The average molecular weight is 391 g/mol. The van der Waals surface area contributed by atoms with E-state index in [9.17, 15) is 4.79 Å². The molecule has 0 spiro atoms. The second kappa shape index (κ2) is 8.92. The molecule has 1 unspecified atom stereocenters. The van der Waals surface area contributed by atoms with Crippen molar-refractivity contribution >= 4 is 5.91 Å². The van der Waals surface area contributed by atoms with E-state index in [0.717, 1.165) is 36.4 Å². The van der Waals surface area contributed by atoms with Gasteiger partial charge in [-0.1, -0.05) is 36.4 Å². The van der Waals surface area contributed by atoms with Gasteiger partial charge in [-0.2, -0.15) is 5.10 Å². The summed E-state index contributed by atoms with van der Waals surface area (Å²) in [5.41, 5.74) is 2.44. The van der Waals surface area contributed by atoms with Crippen molar-refractivity contribution in [2.45, 2.75) is 25.5 Å². The van der Waals surface area contributed by atoms with Crippen molar-refractivity contribution in [1.82, 2.24) is 14.7 Å². The minimum atomic E-state index is -0.0615. The highest BCUT2D eigenvalue weighted by molar-refractivity contribution is 5.93. The second-order valence-corrected chi connectivity index (χ2v) is 7.14. The molecule has 1 amide bonds. The summed E-state index contributed by atoms with van der Waals surface area (Å²) in [7, 11) is 1.65. The summed E-state index contributed by atoms with van der Waals surface area (Å²) in [6.45, 7) is 1.76. The number of ether oxygens (including phenoxy) is 2. The molecule has 1 saturated heterocycles. The Kier molecular flexibility index (Phi) is 5.91. The van der Waals surface area contributed by atoms with Gasteiger partial charge in [-0.05, 0) is 31.0 Å². The van der Waals surface area contributed by atoms with Crippen LogP contribution in [0.2, 0.25) is 0 Å². The van der Waals surface area contributed by atoms with Gasteiger partial charge in [0.05, 0.1) is 30.7 Å². The zero-order valence-electron chi connectivity index (χ0n) is 16.5. The number of para-hydroxylation sites is 2. The molecular weight excluding hydrogens is 366 g/mol. The largest absolute Gasteiger partial charge is 0.496 e. The van der Waals surface area contributed by atoms with E-state index in [1.165, 1.54) is 0 Å². The van der Waals surface area contributed by atoms with Crippen molar-refractivity contribution in [2.24, 2.45) is 0 Å². The first-order valence-electron chi connectivity index (χ1n) is 9.87. The zero-order valence-corrected chi connectivity index (χ0v) is 16.5. The number of amides is 1. The molecule has 1 aliphatic heterocycles. The number of carbonyl (C=O) groups excluding carboxylic acids is 1. The van der Waals surface area contributed by atoms with E-state index >= 15 is 0 Å². The topological polar surface area (TPSA) is 56.6 Å². The van der Waals surface area contributed by atoms with Crippen molar-refractivity contribution in [1.29, 1.82) is 0 Å². The quantitative estimate of drug-likeness (QED) is 0.616. The Bertz CT molecular complexity index is 949. The number of carbonyl (C=O) groups is 1. The monoisotopic (exact) mass is 391 g/mol. The van der Waals surface area contributed by atoms with Gasteiger partial charge in [0.2, 0.25) is 0 Å². The number of hydrogen-bond acceptors (Lipinski definition) is 4. The smallest absolute Gasteiger partial charge is 0.257 e. The van der Waals surface area contributed by atoms with Crippen LogP contribution in [-0.2, 0) is 11.3 Å². The Morgan fingerprint density at radius 1 is 1.21 bits per heavy atom. The molecule has 0 radical (unpaired) electrons. The van der Waals surface area contributed by atoms with Gasteiger partial charge in [0.15, 0.2) is 0 Å². The van der Waals surface area contributed by atoms with Gasteiger partial charge >= 0.3 is 0 Å². The van der Waals surface area contributed by atoms with E-state index in [4.69, 9.17) is 9.47 Å². The third kappa shape index (κ3) is 4.49. The van der Waals surface area contributed by atoms with E-state index < -0.39 is 0 Å². The standard InChI is InChI=1S/C23H25N3O3/c1-28-22-12-6-5-8-18(22)15-25(17-21-11-7-13-29-21)23(27)19-14-24-26(16-19)20-9-3-2-4-10-20/h2-6,8-10,12,14,16,21H,7,11,13,15,17H2,1H3. The fraction of sp³-hybridized carbons (Fsp3) is 0.304. The minimum absolute atomic E-state index is 0.0615. The van der Waals surface area contributed by atoms with Gasteiger partial charge in [0.1, 0.15) is 5.75 Å². The lowest BCUT2D eigenvalue weighted by atomic mass is 10.1. The Morgan fingerprint density at radius 2 is 2.00 bits per heavy atom. The van der Waals surface area contributed by atoms with Crippen LogP contribution in [0, 0.1) is 0 Å². The summed E-state index contributed by atoms with van der Waals surface area (Å²) in [6.07, 6.45) is 5.48. The summed E-state index contributed by atoms with van der Waals surface area (Å²) in [6, 6.07) is 17.6. The number of benzene rings is 2. The summed E-state index contributed by atoms with van der Waals surface area (Å²) in [4.78, 5) is 15.2. The maximum absolute atomic E-state index is 13.4. The van der Waals surface area contributed by atoms with Crippen LogP contribution >= 0.6 is 0 Å². The molecule has 1 aromatic heterocycles.